The second-order valence-corrected chi connectivity index (χ2v) is 4.76. The minimum Gasteiger partial charge on any atom is -0.469 e. The number of carbonyl (C=O) groups excluding carboxylic acids is 1. The van der Waals surface area contributed by atoms with Crippen LogP contribution >= 0.6 is 0 Å². The molecule has 0 aromatic carbocycles. The van der Waals surface area contributed by atoms with Crippen LogP contribution in [0.5, 0.6) is 0 Å². The fourth-order valence-electron chi connectivity index (χ4n) is 2.74. The van der Waals surface area contributed by atoms with E-state index in [1.807, 2.05) is 0 Å². The van der Waals surface area contributed by atoms with Gasteiger partial charge in [-0.25, -0.2) is 0 Å². The summed E-state index contributed by atoms with van der Waals surface area (Å²) in [5, 5.41) is 0. The summed E-state index contributed by atoms with van der Waals surface area (Å²) in [6, 6.07) is 0. The standard InChI is InChI=1S/C13H25NO2/c1-4-14(5-2)11-10-13(12(15)16-3)8-6-7-9-13/h4-11H2,1-3H3. The molecule has 94 valence electrons. The van der Waals surface area contributed by atoms with Crippen molar-refractivity contribution in [2.24, 2.45) is 5.41 Å². The van der Waals surface area contributed by atoms with Crippen molar-refractivity contribution >= 4 is 5.97 Å². The molecule has 0 radical (unpaired) electrons. The molecule has 0 saturated heterocycles. The van der Waals surface area contributed by atoms with Crippen LogP contribution in [0.1, 0.15) is 46.0 Å². The lowest BCUT2D eigenvalue weighted by atomic mass is 9.82. The van der Waals surface area contributed by atoms with Gasteiger partial charge in [-0.15, -0.1) is 0 Å². The van der Waals surface area contributed by atoms with Crippen LogP contribution in [0.3, 0.4) is 0 Å². The van der Waals surface area contributed by atoms with Gasteiger partial charge in [0.15, 0.2) is 0 Å². The Bertz CT molecular complexity index is 218. The lowest BCUT2D eigenvalue weighted by molar-refractivity contribution is -0.153. The Hall–Kier alpha value is -0.570. The maximum Gasteiger partial charge on any atom is 0.311 e. The smallest absolute Gasteiger partial charge is 0.311 e. The third kappa shape index (κ3) is 2.97. The average Bonchev–Trinajstić information content (AvgIpc) is 2.79. The second kappa shape index (κ2) is 6.24. The molecule has 0 amide bonds. The highest BCUT2D eigenvalue weighted by Crippen LogP contribution is 2.42. The van der Waals surface area contributed by atoms with E-state index in [4.69, 9.17) is 4.74 Å². The molecule has 0 aromatic heterocycles. The monoisotopic (exact) mass is 227 g/mol. The van der Waals surface area contributed by atoms with Crippen LogP contribution in [-0.4, -0.2) is 37.6 Å². The summed E-state index contributed by atoms with van der Waals surface area (Å²) in [5.41, 5.74) is -0.169. The summed E-state index contributed by atoms with van der Waals surface area (Å²) in [6.07, 6.45) is 5.34. The molecule has 1 saturated carbocycles. The Morgan fingerprint density at radius 2 is 1.81 bits per heavy atom. The van der Waals surface area contributed by atoms with E-state index in [0.29, 0.717) is 0 Å². The van der Waals surface area contributed by atoms with Crippen molar-refractivity contribution in [3.8, 4) is 0 Å². The topological polar surface area (TPSA) is 29.5 Å². The zero-order valence-corrected chi connectivity index (χ0v) is 10.9. The number of hydrogen-bond donors (Lipinski definition) is 0. The van der Waals surface area contributed by atoms with Gasteiger partial charge in [-0.3, -0.25) is 4.79 Å². The first-order valence-electron chi connectivity index (χ1n) is 6.49. The molecule has 0 bridgehead atoms. The number of carbonyl (C=O) groups is 1. The van der Waals surface area contributed by atoms with E-state index in [2.05, 4.69) is 18.7 Å². The number of hydrogen-bond acceptors (Lipinski definition) is 3. The van der Waals surface area contributed by atoms with Crippen molar-refractivity contribution in [2.45, 2.75) is 46.0 Å². The van der Waals surface area contributed by atoms with Crippen molar-refractivity contribution in [1.82, 2.24) is 4.90 Å². The van der Waals surface area contributed by atoms with Crippen LogP contribution in [0, 0.1) is 5.41 Å². The van der Waals surface area contributed by atoms with E-state index in [1.165, 1.54) is 20.0 Å². The molecule has 0 N–H and O–H groups in total. The Labute approximate surface area is 99.1 Å². The van der Waals surface area contributed by atoms with Gasteiger partial charge in [0.1, 0.15) is 0 Å². The van der Waals surface area contributed by atoms with Gasteiger partial charge in [0.25, 0.3) is 0 Å². The number of rotatable bonds is 6. The summed E-state index contributed by atoms with van der Waals surface area (Å²) in [6.45, 7) is 7.48. The summed E-state index contributed by atoms with van der Waals surface area (Å²) < 4.78 is 4.98. The van der Waals surface area contributed by atoms with E-state index in [0.717, 1.165) is 38.9 Å². The fraction of sp³-hybridized carbons (Fsp3) is 0.923. The number of esters is 1. The minimum atomic E-state index is -0.169. The molecular weight excluding hydrogens is 202 g/mol. The maximum absolute atomic E-state index is 11.9. The lowest BCUT2D eigenvalue weighted by Gasteiger charge is -2.28. The molecule has 1 fully saturated rings. The van der Waals surface area contributed by atoms with Gasteiger partial charge >= 0.3 is 5.97 Å². The molecule has 1 aliphatic rings. The third-order valence-electron chi connectivity index (χ3n) is 3.98. The number of methoxy groups -OCH3 is 1. The predicted molar refractivity (Wildman–Crippen MR) is 65.3 cm³/mol. The maximum atomic E-state index is 11.9. The second-order valence-electron chi connectivity index (χ2n) is 4.76. The highest BCUT2D eigenvalue weighted by atomic mass is 16.5. The first kappa shape index (κ1) is 13.5. The zero-order valence-electron chi connectivity index (χ0n) is 10.9. The summed E-state index contributed by atoms with van der Waals surface area (Å²) in [4.78, 5) is 14.3. The minimum absolute atomic E-state index is 0.0113. The van der Waals surface area contributed by atoms with Crippen molar-refractivity contribution in [2.75, 3.05) is 26.7 Å². The first-order valence-corrected chi connectivity index (χ1v) is 6.49. The van der Waals surface area contributed by atoms with Gasteiger partial charge in [0.05, 0.1) is 12.5 Å². The van der Waals surface area contributed by atoms with E-state index in [9.17, 15) is 4.79 Å². The normalized spacial score (nSPS) is 19.0. The van der Waals surface area contributed by atoms with Crippen LogP contribution in [-0.2, 0) is 9.53 Å². The van der Waals surface area contributed by atoms with Crippen LogP contribution in [0.15, 0.2) is 0 Å². The molecule has 0 atom stereocenters. The Balaban J connectivity index is 2.54. The quantitative estimate of drug-likeness (QED) is 0.653. The van der Waals surface area contributed by atoms with Gasteiger partial charge < -0.3 is 9.64 Å². The molecule has 0 heterocycles. The predicted octanol–water partition coefficient (Wildman–Crippen LogP) is 2.45. The van der Waals surface area contributed by atoms with Crippen molar-refractivity contribution in [1.29, 1.82) is 0 Å². The largest absolute Gasteiger partial charge is 0.469 e. The number of nitrogens with zero attached hydrogens (tertiary/aromatic N) is 1. The number of ether oxygens (including phenoxy) is 1. The Kier molecular flexibility index (Phi) is 5.26. The van der Waals surface area contributed by atoms with Gasteiger partial charge in [0, 0.05) is 0 Å². The van der Waals surface area contributed by atoms with Crippen LogP contribution in [0.25, 0.3) is 0 Å². The fourth-order valence-corrected chi connectivity index (χ4v) is 2.74. The highest BCUT2D eigenvalue weighted by Gasteiger charge is 2.41. The summed E-state index contributed by atoms with van der Waals surface area (Å²) in [7, 11) is 1.51. The Morgan fingerprint density at radius 1 is 1.25 bits per heavy atom. The van der Waals surface area contributed by atoms with E-state index >= 15 is 0 Å². The van der Waals surface area contributed by atoms with Crippen LogP contribution < -0.4 is 0 Å². The SMILES string of the molecule is CCN(CC)CCC1(C(=O)OC)CCCC1. The molecule has 1 aliphatic carbocycles. The van der Waals surface area contributed by atoms with Gasteiger partial charge in [-0.2, -0.15) is 0 Å². The van der Waals surface area contributed by atoms with Crippen molar-refractivity contribution < 1.29 is 9.53 Å². The van der Waals surface area contributed by atoms with Gasteiger partial charge in [-0.05, 0) is 38.9 Å². The van der Waals surface area contributed by atoms with Crippen LogP contribution in [0.2, 0.25) is 0 Å². The van der Waals surface area contributed by atoms with Crippen LogP contribution in [0.4, 0.5) is 0 Å². The molecule has 1 rings (SSSR count). The summed E-state index contributed by atoms with van der Waals surface area (Å²) in [5.74, 6) is 0.0113. The molecule has 0 unspecified atom stereocenters. The summed E-state index contributed by atoms with van der Waals surface area (Å²) >= 11 is 0. The van der Waals surface area contributed by atoms with Gasteiger partial charge in [0.2, 0.25) is 0 Å². The lowest BCUT2D eigenvalue weighted by Crippen LogP contribution is -2.35. The van der Waals surface area contributed by atoms with Crippen molar-refractivity contribution in [3.05, 3.63) is 0 Å². The first-order chi connectivity index (χ1) is 7.68. The third-order valence-corrected chi connectivity index (χ3v) is 3.98. The molecule has 16 heavy (non-hydrogen) atoms. The zero-order chi connectivity index (χ0) is 12.0. The molecular formula is C13H25NO2. The van der Waals surface area contributed by atoms with E-state index in [1.54, 1.807) is 0 Å². The highest BCUT2D eigenvalue weighted by molar-refractivity contribution is 5.77. The van der Waals surface area contributed by atoms with E-state index < -0.39 is 0 Å². The molecule has 3 nitrogen and oxygen atoms in total. The van der Waals surface area contributed by atoms with Gasteiger partial charge in [-0.1, -0.05) is 26.7 Å². The Morgan fingerprint density at radius 3 is 2.25 bits per heavy atom. The molecule has 3 heteroatoms. The molecule has 0 spiro atoms. The molecule has 0 aromatic rings. The van der Waals surface area contributed by atoms with E-state index in [-0.39, 0.29) is 11.4 Å². The molecule has 0 aliphatic heterocycles. The average molecular weight is 227 g/mol. The van der Waals surface area contributed by atoms with Crippen molar-refractivity contribution in [3.63, 3.8) is 0 Å².